The van der Waals surface area contributed by atoms with E-state index in [4.69, 9.17) is 4.74 Å². The zero-order valence-electron chi connectivity index (χ0n) is 9.75. The minimum atomic E-state index is 0.128. The lowest BCUT2D eigenvalue weighted by Gasteiger charge is -2.38. The summed E-state index contributed by atoms with van der Waals surface area (Å²) in [4.78, 5) is 2.57. The third kappa shape index (κ3) is 1.40. The average molecular weight is 197 g/mol. The lowest BCUT2D eigenvalue weighted by atomic mass is 9.95. The summed E-state index contributed by atoms with van der Waals surface area (Å²) in [7, 11) is 0. The number of hydrogen-bond acceptors (Lipinski definition) is 2. The monoisotopic (exact) mass is 197 g/mol. The molecule has 2 fully saturated rings. The van der Waals surface area contributed by atoms with Crippen molar-refractivity contribution in [2.24, 2.45) is 5.92 Å². The van der Waals surface area contributed by atoms with Gasteiger partial charge in [0.25, 0.3) is 0 Å². The van der Waals surface area contributed by atoms with Gasteiger partial charge in [0.15, 0.2) is 0 Å². The number of likely N-dealkylation sites (N-methyl/N-ethyl adjacent to an activating group) is 1. The smallest absolute Gasteiger partial charge is 0.125 e. The third-order valence-electron chi connectivity index (χ3n) is 4.02. The van der Waals surface area contributed by atoms with Crippen molar-refractivity contribution in [3.63, 3.8) is 0 Å². The van der Waals surface area contributed by atoms with Gasteiger partial charge in [0, 0.05) is 12.5 Å². The largest absolute Gasteiger partial charge is 0.356 e. The molecule has 82 valence electrons. The first-order chi connectivity index (χ1) is 6.73. The van der Waals surface area contributed by atoms with E-state index in [1.54, 1.807) is 0 Å². The van der Waals surface area contributed by atoms with E-state index in [0.29, 0.717) is 6.10 Å². The Balaban J connectivity index is 2.19. The van der Waals surface area contributed by atoms with E-state index in [1.807, 2.05) is 0 Å². The molecule has 1 saturated carbocycles. The molecule has 3 atom stereocenters. The highest BCUT2D eigenvalue weighted by atomic mass is 16.5. The van der Waals surface area contributed by atoms with Gasteiger partial charge >= 0.3 is 0 Å². The van der Waals surface area contributed by atoms with Crippen molar-refractivity contribution in [2.75, 3.05) is 13.1 Å². The molecular weight excluding hydrogens is 174 g/mol. The van der Waals surface area contributed by atoms with E-state index in [0.717, 1.165) is 19.0 Å². The van der Waals surface area contributed by atoms with Gasteiger partial charge in [0.05, 0.1) is 6.10 Å². The van der Waals surface area contributed by atoms with E-state index in [9.17, 15) is 0 Å². The van der Waals surface area contributed by atoms with Crippen molar-refractivity contribution in [3.05, 3.63) is 0 Å². The normalized spacial score (nSPS) is 43.9. The van der Waals surface area contributed by atoms with Crippen LogP contribution in [-0.2, 0) is 4.74 Å². The number of nitrogens with zero attached hydrogens (tertiary/aromatic N) is 1. The molecule has 0 aromatic carbocycles. The first kappa shape index (κ1) is 10.4. The summed E-state index contributed by atoms with van der Waals surface area (Å²) in [5.41, 5.74) is 0.128. The minimum Gasteiger partial charge on any atom is -0.356 e. The van der Waals surface area contributed by atoms with Crippen molar-refractivity contribution in [2.45, 2.75) is 58.3 Å². The first-order valence-electron chi connectivity index (χ1n) is 6.15. The molecule has 2 aliphatic rings. The molecule has 3 unspecified atom stereocenters. The fourth-order valence-corrected chi connectivity index (χ4v) is 3.45. The summed E-state index contributed by atoms with van der Waals surface area (Å²) in [5, 5.41) is 0. The van der Waals surface area contributed by atoms with Crippen molar-refractivity contribution >= 4 is 0 Å². The van der Waals surface area contributed by atoms with Crippen LogP contribution in [-0.4, -0.2) is 29.8 Å². The number of ether oxygens (including phenoxy) is 1. The third-order valence-corrected chi connectivity index (χ3v) is 4.02. The van der Waals surface area contributed by atoms with E-state index in [-0.39, 0.29) is 5.72 Å². The van der Waals surface area contributed by atoms with Crippen LogP contribution in [0.4, 0.5) is 0 Å². The van der Waals surface area contributed by atoms with Crippen LogP contribution in [0.25, 0.3) is 0 Å². The molecule has 0 aromatic rings. The summed E-state index contributed by atoms with van der Waals surface area (Å²) >= 11 is 0. The number of rotatable bonds is 2. The van der Waals surface area contributed by atoms with E-state index in [1.165, 1.54) is 25.7 Å². The first-order valence-corrected chi connectivity index (χ1v) is 6.15. The van der Waals surface area contributed by atoms with Crippen LogP contribution >= 0.6 is 0 Å². The Morgan fingerprint density at radius 3 is 2.86 bits per heavy atom. The van der Waals surface area contributed by atoms with Crippen molar-refractivity contribution < 1.29 is 4.74 Å². The standard InChI is InChI=1S/C12H23NO/c1-4-11-7-6-8-12(11)13(5-2)9-10(3)14-12/h10-11H,4-9H2,1-3H3. The van der Waals surface area contributed by atoms with Gasteiger partial charge in [-0.25, -0.2) is 0 Å². The maximum Gasteiger partial charge on any atom is 0.125 e. The maximum absolute atomic E-state index is 6.24. The molecule has 0 amide bonds. The summed E-state index contributed by atoms with van der Waals surface area (Å²) < 4.78 is 6.24. The summed E-state index contributed by atoms with van der Waals surface area (Å²) in [6.45, 7) is 9.04. The molecular formula is C12H23NO. The Morgan fingerprint density at radius 1 is 1.43 bits per heavy atom. The molecule has 1 spiro atoms. The van der Waals surface area contributed by atoms with Gasteiger partial charge in [-0.05, 0) is 39.2 Å². The summed E-state index contributed by atoms with van der Waals surface area (Å²) in [5.74, 6) is 0.771. The average Bonchev–Trinajstić information content (AvgIpc) is 2.71. The Labute approximate surface area is 87.6 Å². The van der Waals surface area contributed by atoms with Crippen LogP contribution in [0.1, 0.15) is 46.5 Å². The van der Waals surface area contributed by atoms with Gasteiger partial charge in [0.1, 0.15) is 5.72 Å². The topological polar surface area (TPSA) is 12.5 Å². The summed E-state index contributed by atoms with van der Waals surface area (Å²) in [6.07, 6.45) is 5.66. The highest BCUT2D eigenvalue weighted by Crippen LogP contribution is 2.46. The van der Waals surface area contributed by atoms with E-state index in [2.05, 4.69) is 25.7 Å². The predicted molar refractivity (Wildman–Crippen MR) is 58.2 cm³/mol. The molecule has 0 aromatic heterocycles. The molecule has 2 nitrogen and oxygen atoms in total. The fraction of sp³-hybridized carbons (Fsp3) is 1.00. The molecule has 0 bridgehead atoms. The molecule has 0 N–H and O–H groups in total. The second-order valence-corrected chi connectivity index (χ2v) is 4.81. The lowest BCUT2D eigenvalue weighted by molar-refractivity contribution is -0.126. The molecule has 1 aliphatic carbocycles. The Bertz CT molecular complexity index is 206. The molecule has 1 saturated heterocycles. The van der Waals surface area contributed by atoms with Gasteiger partial charge < -0.3 is 4.74 Å². The van der Waals surface area contributed by atoms with Gasteiger partial charge in [-0.2, -0.15) is 0 Å². The molecule has 1 heterocycles. The highest BCUT2D eigenvalue weighted by Gasteiger charge is 2.51. The minimum absolute atomic E-state index is 0.128. The molecule has 2 heteroatoms. The highest BCUT2D eigenvalue weighted by molar-refractivity contribution is 4.97. The Morgan fingerprint density at radius 2 is 2.21 bits per heavy atom. The second-order valence-electron chi connectivity index (χ2n) is 4.81. The molecule has 2 rings (SSSR count). The van der Waals surface area contributed by atoms with Gasteiger partial charge in [-0.15, -0.1) is 0 Å². The van der Waals surface area contributed by atoms with E-state index >= 15 is 0 Å². The molecule has 14 heavy (non-hydrogen) atoms. The maximum atomic E-state index is 6.24. The summed E-state index contributed by atoms with van der Waals surface area (Å²) in [6, 6.07) is 0. The quantitative estimate of drug-likeness (QED) is 0.674. The van der Waals surface area contributed by atoms with Crippen LogP contribution in [0.2, 0.25) is 0 Å². The van der Waals surface area contributed by atoms with Crippen molar-refractivity contribution in [3.8, 4) is 0 Å². The SMILES string of the molecule is CCC1CCCC12OC(C)CN2CC. The molecule has 0 radical (unpaired) electrons. The van der Waals surface area contributed by atoms with Crippen LogP contribution in [0.5, 0.6) is 0 Å². The van der Waals surface area contributed by atoms with Gasteiger partial charge in [-0.3, -0.25) is 4.90 Å². The fourth-order valence-electron chi connectivity index (χ4n) is 3.45. The van der Waals surface area contributed by atoms with Crippen molar-refractivity contribution in [1.29, 1.82) is 0 Å². The lowest BCUT2D eigenvalue weighted by Crippen LogP contribution is -2.47. The molecule has 1 aliphatic heterocycles. The van der Waals surface area contributed by atoms with Gasteiger partial charge in [0.2, 0.25) is 0 Å². The van der Waals surface area contributed by atoms with Crippen molar-refractivity contribution in [1.82, 2.24) is 4.90 Å². The van der Waals surface area contributed by atoms with Crippen LogP contribution in [0.3, 0.4) is 0 Å². The van der Waals surface area contributed by atoms with Crippen LogP contribution in [0, 0.1) is 5.92 Å². The zero-order valence-corrected chi connectivity index (χ0v) is 9.75. The zero-order chi connectivity index (χ0) is 10.2. The van der Waals surface area contributed by atoms with E-state index < -0.39 is 0 Å². The Kier molecular flexibility index (Phi) is 2.85. The van der Waals surface area contributed by atoms with Gasteiger partial charge in [-0.1, -0.05) is 13.8 Å². The number of hydrogen-bond donors (Lipinski definition) is 0. The predicted octanol–water partition coefficient (Wildman–Crippen LogP) is 2.63. The van der Waals surface area contributed by atoms with Crippen LogP contribution in [0.15, 0.2) is 0 Å². The Hall–Kier alpha value is -0.0800. The second kappa shape index (κ2) is 3.82. The van der Waals surface area contributed by atoms with Crippen LogP contribution < -0.4 is 0 Å².